The summed E-state index contributed by atoms with van der Waals surface area (Å²) in [5.74, 6) is -0.818. The van der Waals surface area contributed by atoms with Crippen molar-refractivity contribution in [3.63, 3.8) is 0 Å². The van der Waals surface area contributed by atoms with Crippen LogP contribution in [0.4, 0.5) is 0 Å². The summed E-state index contributed by atoms with van der Waals surface area (Å²) in [4.78, 5) is 11.9. The predicted molar refractivity (Wildman–Crippen MR) is 47.4 cm³/mol. The number of hydrogen-bond donors (Lipinski definition) is 1. The number of thiophene rings is 1. The van der Waals surface area contributed by atoms with Crippen molar-refractivity contribution in [1.82, 2.24) is 0 Å². The van der Waals surface area contributed by atoms with Crippen molar-refractivity contribution in [1.29, 1.82) is 0 Å². The van der Waals surface area contributed by atoms with E-state index in [9.17, 15) is 4.79 Å². The molecule has 1 heterocycles. The topological polar surface area (TPSA) is 37.3 Å². The molecule has 1 fully saturated rings. The van der Waals surface area contributed by atoms with Gasteiger partial charge in [-0.2, -0.15) is 0 Å². The molecule has 12 heavy (non-hydrogen) atoms. The third-order valence-corrected chi connectivity index (χ3v) is 3.77. The lowest BCUT2D eigenvalue weighted by atomic mass is 10.1. The molecule has 1 aliphatic rings. The van der Waals surface area contributed by atoms with Crippen LogP contribution in [-0.4, -0.2) is 11.1 Å². The van der Waals surface area contributed by atoms with Crippen molar-refractivity contribution in [2.75, 3.05) is 0 Å². The average Bonchev–Trinajstić information content (AvgIpc) is 2.52. The molecule has 64 valence electrons. The fourth-order valence-corrected chi connectivity index (χ4v) is 2.56. The van der Waals surface area contributed by atoms with E-state index in [0.29, 0.717) is 0 Å². The van der Waals surface area contributed by atoms with Gasteiger partial charge in [0.05, 0.1) is 5.92 Å². The molecule has 3 heteroatoms. The Hall–Kier alpha value is -0.830. The maximum absolute atomic E-state index is 10.7. The smallest absolute Gasteiger partial charge is 0.307 e. The summed E-state index contributed by atoms with van der Waals surface area (Å²) in [6.07, 6.45) is 0.794. The number of carbonyl (C=O) groups is 1. The highest BCUT2D eigenvalue weighted by Crippen LogP contribution is 2.55. The van der Waals surface area contributed by atoms with Crippen LogP contribution in [0.25, 0.3) is 0 Å². The van der Waals surface area contributed by atoms with Crippen LogP contribution < -0.4 is 0 Å². The minimum absolute atomic E-state index is 0.0694. The third kappa shape index (κ3) is 0.966. The Morgan fingerprint density at radius 3 is 3.00 bits per heavy atom. The first-order chi connectivity index (χ1) is 5.64. The number of carboxylic acid groups (broad SMARTS) is 1. The highest BCUT2D eigenvalue weighted by Gasteiger charge is 2.56. The summed E-state index contributed by atoms with van der Waals surface area (Å²) in [6.45, 7) is 2.03. The summed E-state index contributed by atoms with van der Waals surface area (Å²) < 4.78 is 0. The van der Waals surface area contributed by atoms with Crippen molar-refractivity contribution in [2.24, 2.45) is 5.92 Å². The Bertz CT molecular complexity index is 304. The van der Waals surface area contributed by atoms with Gasteiger partial charge >= 0.3 is 5.97 Å². The summed E-state index contributed by atoms with van der Waals surface area (Å²) in [5.41, 5.74) is -0.0694. The normalized spacial score (nSPS) is 33.2. The van der Waals surface area contributed by atoms with Gasteiger partial charge in [-0.15, -0.1) is 11.3 Å². The lowest BCUT2D eigenvalue weighted by molar-refractivity contribution is -0.138. The van der Waals surface area contributed by atoms with Gasteiger partial charge < -0.3 is 5.11 Å². The molecule has 0 amide bonds. The fraction of sp³-hybridized carbons (Fsp3) is 0.444. The monoisotopic (exact) mass is 182 g/mol. The van der Waals surface area contributed by atoms with Crippen LogP contribution in [0.15, 0.2) is 17.5 Å². The average molecular weight is 182 g/mol. The molecule has 1 aromatic heterocycles. The zero-order chi connectivity index (χ0) is 8.77. The van der Waals surface area contributed by atoms with E-state index < -0.39 is 5.97 Å². The minimum Gasteiger partial charge on any atom is -0.481 e. The number of aliphatic carboxylic acids is 1. The Kier molecular flexibility index (Phi) is 1.51. The van der Waals surface area contributed by atoms with Gasteiger partial charge in [0.25, 0.3) is 0 Å². The van der Waals surface area contributed by atoms with Crippen LogP contribution in [0.2, 0.25) is 0 Å². The van der Waals surface area contributed by atoms with Gasteiger partial charge in [-0.25, -0.2) is 0 Å². The van der Waals surface area contributed by atoms with E-state index in [0.717, 1.165) is 6.42 Å². The molecule has 1 aliphatic carbocycles. The molecule has 1 saturated carbocycles. The lowest BCUT2D eigenvalue weighted by Gasteiger charge is -2.04. The third-order valence-electron chi connectivity index (χ3n) is 2.62. The summed E-state index contributed by atoms with van der Waals surface area (Å²) in [7, 11) is 0. The second-order valence-electron chi connectivity index (χ2n) is 3.49. The molecule has 0 aliphatic heterocycles. The van der Waals surface area contributed by atoms with Gasteiger partial charge in [0, 0.05) is 10.3 Å². The SMILES string of the molecule is C[C@@]1(c2cccs2)C[C@@H]1C(=O)O. The van der Waals surface area contributed by atoms with Gasteiger partial charge in [-0.1, -0.05) is 13.0 Å². The van der Waals surface area contributed by atoms with Gasteiger partial charge in [-0.05, 0) is 17.9 Å². The van der Waals surface area contributed by atoms with Crippen molar-refractivity contribution in [3.05, 3.63) is 22.4 Å². The van der Waals surface area contributed by atoms with Crippen molar-refractivity contribution < 1.29 is 9.90 Å². The molecule has 0 radical (unpaired) electrons. The van der Waals surface area contributed by atoms with Crippen LogP contribution in [0, 0.1) is 5.92 Å². The molecule has 0 spiro atoms. The second-order valence-corrected chi connectivity index (χ2v) is 4.44. The quantitative estimate of drug-likeness (QED) is 0.760. The van der Waals surface area contributed by atoms with E-state index in [1.54, 1.807) is 11.3 Å². The zero-order valence-corrected chi connectivity index (χ0v) is 7.60. The Balaban J connectivity index is 2.23. The standard InChI is InChI=1S/C9H10O2S/c1-9(5-6(9)8(10)11)7-3-2-4-12-7/h2-4,6H,5H2,1H3,(H,10,11)/t6-,9-/m1/s1. The first-order valence-corrected chi connectivity index (χ1v) is 4.79. The van der Waals surface area contributed by atoms with E-state index in [1.165, 1.54) is 4.88 Å². The van der Waals surface area contributed by atoms with Crippen LogP contribution in [0.5, 0.6) is 0 Å². The molecule has 0 bridgehead atoms. The van der Waals surface area contributed by atoms with E-state index >= 15 is 0 Å². The van der Waals surface area contributed by atoms with Crippen molar-refractivity contribution >= 4 is 17.3 Å². The summed E-state index contributed by atoms with van der Waals surface area (Å²) in [5, 5.41) is 10.8. The number of hydrogen-bond acceptors (Lipinski definition) is 2. The van der Waals surface area contributed by atoms with Gasteiger partial charge in [0.2, 0.25) is 0 Å². The largest absolute Gasteiger partial charge is 0.481 e. The Labute approximate surface area is 74.8 Å². The van der Waals surface area contributed by atoms with E-state index in [1.807, 2.05) is 24.4 Å². The highest BCUT2D eigenvalue weighted by molar-refractivity contribution is 7.10. The van der Waals surface area contributed by atoms with Gasteiger partial charge in [0.1, 0.15) is 0 Å². The molecule has 2 atom stereocenters. The molecular formula is C9H10O2S. The van der Waals surface area contributed by atoms with Crippen molar-refractivity contribution in [2.45, 2.75) is 18.8 Å². The molecular weight excluding hydrogens is 172 g/mol. The van der Waals surface area contributed by atoms with Gasteiger partial charge in [-0.3, -0.25) is 4.79 Å². The first kappa shape index (κ1) is 7.80. The van der Waals surface area contributed by atoms with Gasteiger partial charge in [0.15, 0.2) is 0 Å². The summed E-state index contributed by atoms with van der Waals surface area (Å²) >= 11 is 1.65. The molecule has 2 rings (SSSR count). The van der Waals surface area contributed by atoms with Crippen LogP contribution in [0.1, 0.15) is 18.2 Å². The molecule has 0 unspecified atom stereocenters. The predicted octanol–water partition coefficient (Wildman–Crippen LogP) is 2.11. The Morgan fingerprint density at radius 1 is 1.83 bits per heavy atom. The van der Waals surface area contributed by atoms with Crippen molar-refractivity contribution in [3.8, 4) is 0 Å². The highest BCUT2D eigenvalue weighted by atomic mass is 32.1. The number of carboxylic acids is 1. The first-order valence-electron chi connectivity index (χ1n) is 3.91. The lowest BCUT2D eigenvalue weighted by Crippen LogP contribution is -2.09. The molecule has 1 N–H and O–H groups in total. The minimum atomic E-state index is -0.661. The van der Waals surface area contributed by atoms with Crippen LogP contribution in [0.3, 0.4) is 0 Å². The number of rotatable bonds is 2. The second kappa shape index (κ2) is 2.33. The van der Waals surface area contributed by atoms with Crippen LogP contribution in [-0.2, 0) is 10.2 Å². The Morgan fingerprint density at radius 2 is 2.58 bits per heavy atom. The molecule has 0 aromatic carbocycles. The maximum atomic E-state index is 10.7. The molecule has 2 nitrogen and oxygen atoms in total. The van der Waals surface area contributed by atoms with Crippen LogP contribution >= 0.6 is 11.3 Å². The van der Waals surface area contributed by atoms with E-state index in [4.69, 9.17) is 5.11 Å². The molecule has 1 aromatic rings. The van der Waals surface area contributed by atoms with E-state index in [2.05, 4.69) is 0 Å². The molecule has 0 saturated heterocycles. The zero-order valence-electron chi connectivity index (χ0n) is 6.78. The maximum Gasteiger partial charge on any atom is 0.307 e. The van der Waals surface area contributed by atoms with E-state index in [-0.39, 0.29) is 11.3 Å². The summed E-state index contributed by atoms with van der Waals surface area (Å²) in [6, 6.07) is 4.00. The fourth-order valence-electron chi connectivity index (χ4n) is 1.60.